The number of halogens is 1. The predicted octanol–water partition coefficient (Wildman–Crippen LogP) is 2.92. The molecular formula is C13H18BrNO2. The fourth-order valence-electron chi connectivity index (χ4n) is 1.59. The Labute approximate surface area is 111 Å². The molecule has 0 atom stereocenters. The number of methoxy groups -OCH3 is 1. The second kappa shape index (κ2) is 7.33. The molecular weight excluding hydrogens is 282 g/mol. The van der Waals surface area contributed by atoms with E-state index in [4.69, 9.17) is 4.74 Å². The van der Waals surface area contributed by atoms with Gasteiger partial charge in [-0.3, -0.25) is 4.79 Å². The van der Waals surface area contributed by atoms with Gasteiger partial charge in [-0.1, -0.05) is 22.9 Å². The molecule has 0 radical (unpaired) electrons. The third-order valence-electron chi connectivity index (χ3n) is 2.44. The maximum Gasteiger partial charge on any atom is 0.219 e. The molecule has 0 bridgehead atoms. The van der Waals surface area contributed by atoms with E-state index in [1.54, 1.807) is 7.11 Å². The summed E-state index contributed by atoms with van der Waals surface area (Å²) in [5, 5.41) is 2.89. The predicted molar refractivity (Wildman–Crippen MR) is 72.3 cm³/mol. The SMILES string of the molecule is CCCC(=O)NCCc1cc(Br)ccc1OC. The number of ether oxygens (including phenoxy) is 1. The molecule has 0 saturated heterocycles. The smallest absolute Gasteiger partial charge is 0.219 e. The molecule has 0 fully saturated rings. The summed E-state index contributed by atoms with van der Waals surface area (Å²) < 4.78 is 6.29. The summed E-state index contributed by atoms with van der Waals surface area (Å²) in [6.07, 6.45) is 2.25. The highest BCUT2D eigenvalue weighted by molar-refractivity contribution is 9.10. The minimum atomic E-state index is 0.112. The van der Waals surface area contributed by atoms with Crippen LogP contribution in [0.4, 0.5) is 0 Å². The van der Waals surface area contributed by atoms with E-state index in [1.807, 2.05) is 25.1 Å². The van der Waals surface area contributed by atoms with Crippen LogP contribution in [0, 0.1) is 0 Å². The number of hydrogen-bond donors (Lipinski definition) is 1. The fourth-order valence-corrected chi connectivity index (χ4v) is 2.00. The van der Waals surface area contributed by atoms with Crippen LogP contribution >= 0.6 is 15.9 Å². The van der Waals surface area contributed by atoms with Crippen LogP contribution in [0.3, 0.4) is 0 Å². The number of carbonyl (C=O) groups is 1. The van der Waals surface area contributed by atoms with Gasteiger partial charge in [0.1, 0.15) is 5.75 Å². The van der Waals surface area contributed by atoms with Gasteiger partial charge < -0.3 is 10.1 Å². The fraction of sp³-hybridized carbons (Fsp3) is 0.462. The average molecular weight is 300 g/mol. The summed E-state index contributed by atoms with van der Waals surface area (Å²) in [4.78, 5) is 11.3. The van der Waals surface area contributed by atoms with Gasteiger partial charge in [-0.15, -0.1) is 0 Å². The third kappa shape index (κ3) is 4.77. The Balaban J connectivity index is 2.50. The molecule has 17 heavy (non-hydrogen) atoms. The molecule has 1 N–H and O–H groups in total. The van der Waals surface area contributed by atoms with Gasteiger partial charge >= 0.3 is 0 Å². The highest BCUT2D eigenvalue weighted by atomic mass is 79.9. The zero-order valence-electron chi connectivity index (χ0n) is 10.3. The Morgan fingerprint density at radius 3 is 2.88 bits per heavy atom. The molecule has 0 heterocycles. The first-order valence-electron chi connectivity index (χ1n) is 5.76. The number of carbonyl (C=O) groups excluding carboxylic acids is 1. The topological polar surface area (TPSA) is 38.3 Å². The lowest BCUT2D eigenvalue weighted by molar-refractivity contribution is -0.121. The van der Waals surface area contributed by atoms with Crippen molar-refractivity contribution in [3.8, 4) is 5.75 Å². The molecule has 1 rings (SSSR count). The quantitative estimate of drug-likeness (QED) is 0.877. The summed E-state index contributed by atoms with van der Waals surface area (Å²) >= 11 is 3.43. The molecule has 0 aliphatic carbocycles. The van der Waals surface area contributed by atoms with Crippen molar-refractivity contribution >= 4 is 21.8 Å². The van der Waals surface area contributed by atoms with Gasteiger partial charge in [0.2, 0.25) is 5.91 Å². The molecule has 0 aromatic heterocycles. The van der Waals surface area contributed by atoms with Crippen LogP contribution in [0.1, 0.15) is 25.3 Å². The van der Waals surface area contributed by atoms with E-state index in [1.165, 1.54) is 0 Å². The van der Waals surface area contributed by atoms with Crippen molar-refractivity contribution in [2.24, 2.45) is 0 Å². The minimum absolute atomic E-state index is 0.112. The molecule has 0 unspecified atom stereocenters. The van der Waals surface area contributed by atoms with Crippen LogP contribution < -0.4 is 10.1 Å². The van der Waals surface area contributed by atoms with Crippen LogP contribution in [-0.4, -0.2) is 19.6 Å². The standard InChI is InChI=1S/C13H18BrNO2/c1-3-4-13(16)15-8-7-10-9-11(14)5-6-12(10)17-2/h5-6,9H,3-4,7-8H2,1-2H3,(H,15,16). The zero-order valence-corrected chi connectivity index (χ0v) is 11.8. The van der Waals surface area contributed by atoms with Gasteiger partial charge in [0, 0.05) is 17.4 Å². The van der Waals surface area contributed by atoms with Crippen molar-refractivity contribution in [1.29, 1.82) is 0 Å². The molecule has 94 valence electrons. The van der Waals surface area contributed by atoms with Crippen molar-refractivity contribution in [2.45, 2.75) is 26.2 Å². The van der Waals surface area contributed by atoms with E-state index < -0.39 is 0 Å². The molecule has 1 aromatic rings. The van der Waals surface area contributed by atoms with Crippen molar-refractivity contribution < 1.29 is 9.53 Å². The first-order valence-corrected chi connectivity index (χ1v) is 6.55. The Bertz CT molecular complexity index is 380. The van der Waals surface area contributed by atoms with Crippen LogP contribution in [0.25, 0.3) is 0 Å². The maximum absolute atomic E-state index is 11.3. The van der Waals surface area contributed by atoms with Gasteiger partial charge in [-0.2, -0.15) is 0 Å². The van der Waals surface area contributed by atoms with Gasteiger partial charge in [0.05, 0.1) is 7.11 Å². The van der Waals surface area contributed by atoms with Gasteiger partial charge in [-0.05, 0) is 36.6 Å². The second-order valence-electron chi connectivity index (χ2n) is 3.81. The minimum Gasteiger partial charge on any atom is -0.496 e. The molecule has 0 saturated carbocycles. The Hall–Kier alpha value is -1.03. The van der Waals surface area contributed by atoms with Crippen molar-refractivity contribution in [3.05, 3.63) is 28.2 Å². The van der Waals surface area contributed by atoms with Crippen LogP contribution in [0.15, 0.2) is 22.7 Å². The monoisotopic (exact) mass is 299 g/mol. The third-order valence-corrected chi connectivity index (χ3v) is 2.93. The van der Waals surface area contributed by atoms with Gasteiger partial charge in [0.15, 0.2) is 0 Å². The summed E-state index contributed by atoms with van der Waals surface area (Å²) in [6.45, 7) is 2.64. The summed E-state index contributed by atoms with van der Waals surface area (Å²) in [5.74, 6) is 0.972. The number of benzene rings is 1. The van der Waals surface area contributed by atoms with Gasteiger partial charge in [0.25, 0.3) is 0 Å². The summed E-state index contributed by atoms with van der Waals surface area (Å²) in [7, 11) is 1.66. The lowest BCUT2D eigenvalue weighted by atomic mass is 10.1. The normalized spacial score (nSPS) is 10.1. The molecule has 0 aliphatic rings. The van der Waals surface area contributed by atoms with Crippen molar-refractivity contribution in [3.63, 3.8) is 0 Å². The van der Waals surface area contributed by atoms with Crippen LogP contribution in [0.5, 0.6) is 5.75 Å². The summed E-state index contributed by atoms with van der Waals surface area (Å²) in [5.41, 5.74) is 1.10. The molecule has 1 aromatic carbocycles. The number of hydrogen-bond acceptors (Lipinski definition) is 2. The molecule has 4 heteroatoms. The lowest BCUT2D eigenvalue weighted by Gasteiger charge is -2.09. The van der Waals surface area contributed by atoms with E-state index in [0.29, 0.717) is 13.0 Å². The molecule has 0 aliphatic heterocycles. The van der Waals surface area contributed by atoms with Crippen molar-refractivity contribution in [1.82, 2.24) is 5.32 Å². The highest BCUT2D eigenvalue weighted by Crippen LogP contribution is 2.23. The maximum atomic E-state index is 11.3. The summed E-state index contributed by atoms with van der Waals surface area (Å²) in [6, 6.07) is 5.89. The molecule has 0 spiro atoms. The Morgan fingerprint density at radius 2 is 2.24 bits per heavy atom. The van der Waals surface area contributed by atoms with E-state index in [2.05, 4.69) is 21.2 Å². The largest absolute Gasteiger partial charge is 0.496 e. The van der Waals surface area contributed by atoms with Crippen molar-refractivity contribution in [2.75, 3.05) is 13.7 Å². The zero-order chi connectivity index (χ0) is 12.7. The van der Waals surface area contributed by atoms with Crippen LogP contribution in [-0.2, 0) is 11.2 Å². The first kappa shape index (κ1) is 14.0. The van der Waals surface area contributed by atoms with E-state index in [9.17, 15) is 4.79 Å². The second-order valence-corrected chi connectivity index (χ2v) is 4.72. The lowest BCUT2D eigenvalue weighted by Crippen LogP contribution is -2.25. The first-order chi connectivity index (χ1) is 8.17. The molecule has 3 nitrogen and oxygen atoms in total. The van der Waals surface area contributed by atoms with E-state index in [0.717, 1.165) is 28.6 Å². The van der Waals surface area contributed by atoms with Crippen LogP contribution in [0.2, 0.25) is 0 Å². The Kier molecular flexibility index (Phi) is 6.05. The highest BCUT2D eigenvalue weighted by Gasteiger charge is 2.04. The van der Waals surface area contributed by atoms with E-state index >= 15 is 0 Å². The molecule has 1 amide bonds. The number of nitrogens with one attached hydrogen (secondary N) is 1. The number of amides is 1. The Morgan fingerprint density at radius 1 is 1.47 bits per heavy atom. The van der Waals surface area contributed by atoms with Gasteiger partial charge in [-0.25, -0.2) is 0 Å². The average Bonchev–Trinajstić information content (AvgIpc) is 2.30. The number of rotatable bonds is 6. The van der Waals surface area contributed by atoms with E-state index in [-0.39, 0.29) is 5.91 Å².